The van der Waals surface area contributed by atoms with E-state index in [9.17, 15) is 27.5 Å². The molecular formula is C25H29F4NO2. The molecule has 2 fully saturated rings. The highest BCUT2D eigenvalue weighted by Crippen LogP contribution is 2.42. The van der Waals surface area contributed by atoms with Crippen LogP contribution in [0.15, 0.2) is 48.3 Å². The molecule has 3 aliphatic rings. The third-order valence-corrected chi connectivity index (χ3v) is 7.26. The fourth-order valence-corrected chi connectivity index (χ4v) is 5.05. The Bertz CT molecular complexity index is 892. The number of rotatable bonds is 5. The van der Waals surface area contributed by atoms with Crippen molar-refractivity contribution in [3.63, 3.8) is 0 Å². The van der Waals surface area contributed by atoms with Crippen molar-refractivity contribution in [2.75, 3.05) is 0 Å². The molecular weight excluding hydrogens is 422 g/mol. The number of carbonyl (C=O) groups is 1. The lowest BCUT2D eigenvalue weighted by atomic mass is 9.75. The van der Waals surface area contributed by atoms with Gasteiger partial charge in [0.2, 0.25) is 0 Å². The number of carbonyl (C=O) groups excluding carboxylic acids is 1. The van der Waals surface area contributed by atoms with Crippen molar-refractivity contribution in [1.29, 1.82) is 0 Å². The molecule has 0 radical (unpaired) electrons. The van der Waals surface area contributed by atoms with E-state index in [0.717, 1.165) is 44.9 Å². The van der Waals surface area contributed by atoms with Crippen LogP contribution in [0, 0.1) is 11.8 Å². The summed E-state index contributed by atoms with van der Waals surface area (Å²) in [5, 5.41) is 9.86. The number of hydrogen-bond donors (Lipinski definition) is 1. The zero-order valence-electron chi connectivity index (χ0n) is 18.1. The van der Waals surface area contributed by atoms with Crippen molar-refractivity contribution in [1.82, 2.24) is 4.90 Å². The van der Waals surface area contributed by atoms with Gasteiger partial charge in [-0.2, -0.15) is 13.2 Å². The van der Waals surface area contributed by atoms with Crippen molar-refractivity contribution >= 4 is 5.91 Å². The molecule has 1 unspecified atom stereocenters. The summed E-state index contributed by atoms with van der Waals surface area (Å²) in [6.07, 6.45) is 6.39. The lowest BCUT2D eigenvalue weighted by Crippen LogP contribution is -2.44. The van der Waals surface area contributed by atoms with Crippen molar-refractivity contribution in [3.05, 3.63) is 59.4 Å². The summed E-state index contributed by atoms with van der Waals surface area (Å²) < 4.78 is 53.5. The average molecular weight is 452 g/mol. The SMILES string of the molecule is C[C@](O)(c1ccc(C(=O)N(C2CC2)[C@H]2CC[C@H](C3CC=CC=C3F)CC2)cc1)C(F)(F)F. The topological polar surface area (TPSA) is 40.5 Å². The summed E-state index contributed by atoms with van der Waals surface area (Å²) in [5.41, 5.74) is -2.94. The van der Waals surface area contributed by atoms with Gasteiger partial charge in [-0.05, 0) is 81.6 Å². The molecule has 2 atom stereocenters. The molecule has 2 saturated carbocycles. The first-order chi connectivity index (χ1) is 15.1. The molecule has 0 spiro atoms. The van der Waals surface area contributed by atoms with Gasteiger partial charge in [-0.15, -0.1) is 0 Å². The number of allylic oxidation sites excluding steroid dienone is 4. The summed E-state index contributed by atoms with van der Waals surface area (Å²) in [6.45, 7) is 0.707. The van der Waals surface area contributed by atoms with Gasteiger partial charge in [0.15, 0.2) is 5.60 Å². The Hall–Kier alpha value is -2.15. The van der Waals surface area contributed by atoms with Gasteiger partial charge in [0.05, 0.1) is 0 Å². The van der Waals surface area contributed by atoms with Crippen molar-refractivity contribution in [2.24, 2.45) is 11.8 Å². The highest BCUT2D eigenvalue weighted by atomic mass is 19.4. The van der Waals surface area contributed by atoms with Gasteiger partial charge < -0.3 is 10.0 Å². The van der Waals surface area contributed by atoms with Crippen LogP contribution < -0.4 is 0 Å². The van der Waals surface area contributed by atoms with Gasteiger partial charge in [0.1, 0.15) is 5.83 Å². The molecule has 174 valence electrons. The first kappa shape index (κ1) is 23.0. The zero-order valence-corrected chi connectivity index (χ0v) is 18.1. The van der Waals surface area contributed by atoms with Crippen LogP contribution in [0.25, 0.3) is 0 Å². The number of alkyl halides is 3. The fourth-order valence-electron chi connectivity index (χ4n) is 5.05. The van der Waals surface area contributed by atoms with Crippen molar-refractivity contribution < 1.29 is 27.5 Å². The van der Waals surface area contributed by atoms with Gasteiger partial charge in [0.25, 0.3) is 5.91 Å². The predicted octanol–water partition coefficient (Wildman–Crippen LogP) is 6.05. The van der Waals surface area contributed by atoms with E-state index in [1.807, 2.05) is 11.0 Å². The maximum Gasteiger partial charge on any atom is 0.421 e. The lowest BCUT2D eigenvalue weighted by molar-refractivity contribution is -0.258. The molecule has 1 aromatic rings. The predicted molar refractivity (Wildman–Crippen MR) is 113 cm³/mol. The second kappa shape index (κ2) is 8.65. The maximum atomic E-state index is 14.2. The molecule has 1 amide bonds. The number of halogens is 4. The lowest BCUT2D eigenvalue weighted by Gasteiger charge is -2.39. The van der Waals surface area contributed by atoms with Crippen molar-refractivity contribution in [3.8, 4) is 0 Å². The molecule has 32 heavy (non-hydrogen) atoms. The number of aliphatic hydroxyl groups is 1. The summed E-state index contributed by atoms with van der Waals surface area (Å²) in [5.74, 6) is -0.0331. The Kier molecular flexibility index (Phi) is 6.23. The highest BCUT2D eigenvalue weighted by Gasteiger charge is 2.51. The van der Waals surface area contributed by atoms with Crippen LogP contribution in [-0.2, 0) is 5.60 Å². The maximum absolute atomic E-state index is 14.2. The Labute approximate surface area is 185 Å². The van der Waals surface area contributed by atoms with E-state index in [4.69, 9.17) is 0 Å². The summed E-state index contributed by atoms with van der Waals surface area (Å²) in [7, 11) is 0. The smallest absolute Gasteiger partial charge is 0.376 e. The van der Waals surface area contributed by atoms with E-state index in [0.29, 0.717) is 12.5 Å². The standard InChI is InChI=1S/C25H29F4NO2/c1-24(32,25(27,28)29)18-10-6-17(7-11-18)23(31)30(20-14-15-20)19-12-8-16(9-13-19)21-4-2-3-5-22(21)26/h2-3,5-7,10-11,16,19-21,32H,4,8-9,12-15H2,1H3/t16-,19-,21?,24-/m0/s1. The zero-order chi connectivity index (χ0) is 23.1. The minimum absolute atomic E-state index is 0.0547. The van der Waals surface area contributed by atoms with Crippen molar-refractivity contribution in [2.45, 2.75) is 75.7 Å². The largest absolute Gasteiger partial charge is 0.421 e. The molecule has 4 rings (SSSR count). The molecule has 0 aliphatic heterocycles. The Morgan fingerprint density at radius 2 is 1.56 bits per heavy atom. The quantitative estimate of drug-likeness (QED) is 0.554. The Balaban J connectivity index is 1.44. The minimum Gasteiger partial charge on any atom is -0.376 e. The van der Waals surface area contributed by atoms with Crippen LogP contribution in [0.5, 0.6) is 0 Å². The molecule has 0 saturated heterocycles. The highest BCUT2D eigenvalue weighted by molar-refractivity contribution is 5.95. The van der Waals surface area contributed by atoms with Gasteiger partial charge >= 0.3 is 6.18 Å². The van der Waals surface area contributed by atoms with E-state index in [-0.39, 0.29) is 41.2 Å². The molecule has 1 N–H and O–H groups in total. The van der Waals surface area contributed by atoms with Gasteiger partial charge in [0, 0.05) is 23.6 Å². The molecule has 0 aromatic heterocycles. The third kappa shape index (κ3) is 4.49. The van der Waals surface area contributed by atoms with E-state index >= 15 is 0 Å². The number of hydrogen-bond acceptors (Lipinski definition) is 2. The van der Waals surface area contributed by atoms with E-state index in [2.05, 4.69) is 0 Å². The summed E-state index contributed by atoms with van der Waals surface area (Å²) >= 11 is 0. The first-order valence-electron chi connectivity index (χ1n) is 11.3. The third-order valence-electron chi connectivity index (χ3n) is 7.26. The molecule has 3 aliphatic carbocycles. The van der Waals surface area contributed by atoms with Crippen LogP contribution in [0.3, 0.4) is 0 Å². The normalized spacial score (nSPS) is 28.1. The summed E-state index contributed by atoms with van der Waals surface area (Å²) in [4.78, 5) is 15.2. The summed E-state index contributed by atoms with van der Waals surface area (Å²) in [6, 6.07) is 5.32. The average Bonchev–Trinajstić information content (AvgIpc) is 3.59. The van der Waals surface area contributed by atoms with Gasteiger partial charge in [-0.1, -0.05) is 24.3 Å². The van der Waals surface area contributed by atoms with Gasteiger partial charge in [-0.3, -0.25) is 4.79 Å². The second-order valence-corrected chi connectivity index (χ2v) is 9.48. The molecule has 3 nitrogen and oxygen atoms in total. The van der Waals surface area contributed by atoms with E-state index in [1.54, 1.807) is 12.2 Å². The Morgan fingerprint density at radius 1 is 1.00 bits per heavy atom. The van der Waals surface area contributed by atoms with E-state index in [1.165, 1.54) is 24.3 Å². The van der Waals surface area contributed by atoms with E-state index < -0.39 is 11.8 Å². The molecule has 0 bridgehead atoms. The first-order valence-corrected chi connectivity index (χ1v) is 11.3. The number of nitrogens with zero attached hydrogens (tertiary/aromatic N) is 1. The number of benzene rings is 1. The van der Waals surface area contributed by atoms with Crippen LogP contribution in [0.1, 0.15) is 67.8 Å². The second-order valence-electron chi connectivity index (χ2n) is 9.48. The monoisotopic (exact) mass is 451 g/mol. The van der Waals surface area contributed by atoms with Crippen LogP contribution in [0.2, 0.25) is 0 Å². The minimum atomic E-state index is -4.81. The number of amides is 1. The molecule has 0 heterocycles. The van der Waals surface area contributed by atoms with Crippen LogP contribution in [-0.4, -0.2) is 34.2 Å². The fraction of sp³-hybridized carbons (Fsp3) is 0.560. The van der Waals surface area contributed by atoms with Crippen LogP contribution in [0.4, 0.5) is 17.6 Å². The van der Waals surface area contributed by atoms with Crippen LogP contribution >= 0.6 is 0 Å². The molecule has 7 heteroatoms. The Morgan fingerprint density at radius 3 is 2.06 bits per heavy atom. The molecule has 1 aromatic carbocycles. The van der Waals surface area contributed by atoms with Gasteiger partial charge in [-0.25, -0.2) is 4.39 Å².